The molecule has 1 saturated heterocycles. The van der Waals surface area contributed by atoms with Crippen LogP contribution >= 0.6 is 0 Å². The summed E-state index contributed by atoms with van der Waals surface area (Å²) >= 11 is 0. The van der Waals surface area contributed by atoms with Crippen molar-refractivity contribution in [2.24, 2.45) is 5.92 Å². The third kappa shape index (κ3) is 5.06. The van der Waals surface area contributed by atoms with Gasteiger partial charge in [-0.05, 0) is 53.1 Å². The number of benzene rings is 1. The number of aromatic nitrogens is 4. The summed E-state index contributed by atoms with van der Waals surface area (Å²) in [5.41, 5.74) is 0.924. The van der Waals surface area contributed by atoms with Crippen LogP contribution in [0.25, 0.3) is 0 Å². The van der Waals surface area contributed by atoms with Crippen LogP contribution in [0.5, 0.6) is 11.5 Å². The molecule has 0 radical (unpaired) electrons. The molecule has 0 saturated carbocycles. The molecule has 0 unspecified atom stereocenters. The van der Waals surface area contributed by atoms with Crippen molar-refractivity contribution in [3.8, 4) is 11.5 Å². The van der Waals surface area contributed by atoms with Gasteiger partial charge in [0.2, 0.25) is 0 Å². The van der Waals surface area contributed by atoms with Gasteiger partial charge in [0.1, 0.15) is 17.5 Å². The number of carbonyl (C=O) groups excluding carboxylic acids is 1. The second-order valence-corrected chi connectivity index (χ2v) is 8.76. The first-order chi connectivity index (χ1) is 16.5. The van der Waals surface area contributed by atoms with Crippen molar-refractivity contribution in [1.29, 1.82) is 0 Å². The van der Waals surface area contributed by atoms with Crippen molar-refractivity contribution in [2.75, 3.05) is 40.4 Å². The molecule has 1 aromatic carbocycles. The number of methoxy groups -OCH3 is 2. The van der Waals surface area contributed by atoms with Gasteiger partial charge in [-0.1, -0.05) is 13.8 Å². The van der Waals surface area contributed by atoms with Gasteiger partial charge in [0.05, 0.1) is 20.5 Å². The van der Waals surface area contributed by atoms with Gasteiger partial charge in [-0.3, -0.25) is 9.69 Å². The molecule has 10 heteroatoms. The Hall–Kier alpha value is -3.40. The van der Waals surface area contributed by atoms with Gasteiger partial charge < -0.3 is 18.8 Å². The van der Waals surface area contributed by atoms with E-state index < -0.39 is 0 Å². The van der Waals surface area contributed by atoms with Crippen LogP contribution in [0.3, 0.4) is 0 Å². The van der Waals surface area contributed by atoms with Crippen LogP contribution in [-0.2, 0) is 6.54 Å². The van der Waals surface area contributed by atoms with Gasteiger partial charge in [-0.2, -0.15) is 0 Å². The first-order valence-electron chi connectivity index (χ1n) is 11.6. The van der Waals surface area contributed by atoms with Gasteiger partial charge in [0.15, 0.2) is 11.6 Å². The van der Waals surface area contributed by atoms with E-state index in [1.165, 1.54) is 6.26 Å². The summed E-state index contributed by atoms with van der Waals surface area (Å²) in [6.07, 6.45) is 2.48. The lowest BCUT2D eigenvalue weighted by Gasteiger charge is -2.39. The minimum Gasteiger partial charge on any atom is -0.497 e. The molecule has 1 aliphatic rings. The number of aryl methyl sites for hydroxylation is 1. The summed E-state index contributed by atoms with van der Waals surface area (Å²) < 4.78 is 18.4. The van der Waals surface area contributed by atoms with Crippen molar-refractivity contribution in [1.82, 2.24) is 30.0 Å². The zero-order valence-corrected chi connectivity index (χ0v) is 20.2. The van der Waals surface area contributed by atoms with Crippen LogP contribution in [-0.4, -0.2) is 76.3 Å². The van der Waals surface area contributed by atoms with Crippen molar-refractivity contribution >= 4 is 5.91 Å². The molecule has 1 amide bonds. The molecule has 182 valence electrons. The van der Waals surface area contributed by atoms with Crippen LogP contribution in [0.1, 0.15) is 48.3 Å². The zero-order chi connectivity index (χ0) is 24.1. The van der Waals surface area contributed by atoms with E-state index in [-0.39, 0.29) is 11.9 Å². The van der Waals surface area contributed by atoms with Crippen LogP contribution in [0.4, 0.5) is 0 Å². The molecular formula is C24H32N6O4. The average molecular weight is 469 g/mol. The normalized spacial score (nSPS) is 15.5. The lowest BCUT2D eigenvalue weighted by Crippen LogP contribution is -2.50. The Labute approximate surface area is 199 Å². The molecule has 10 nitrogen and oxygen atoms in total. The number of amides is 1. The van der Waals surface area contributed by atoms with E-state index in [0.717, 1.165) is 35.9 Å². The number of hydrogen-bond acceptors (Lipinski definition) is 8. The van der Waals surface area contributed by atoms with Crippen molar-refractivity contribution in [2.45, 2.75) is 32.9 Å². The van der Waals surface area contributed by atoms with E-state index in [0.29, 0.717) is 37.9 Å². The Morgan fingerprint density at radius 2 is 1.91 bits per heavy atom. The number of furan rings is 1. The van der Waals surface area contributed by atoms with Gasteiger partial charge >= 0.3 is 0 Å². The molecule has 0 bridgehead atoms. The second-order valence-electron chi connectivity index (χ2n) is 8.76. The second kappa shape index (κ2) is 10.7. The standard InChI is InChI=1S/C24H32N6O4/c1-17(2)9-10-30-23(25-26-27-30)22(19-16-18(32-3)7-8-20(19)33-4)28-11-13-29(14-12-28)24(31)21-6-5-15-34-21/h5-8,15-17,22H,9-14H2,1-4H3/t22-/m0/s1. The van der Waals surface area contributed by atoms with E-state index in [4.69, 9.17) is 13.9 Å². The number of hydrogen-bond donors (Lipinski definition) is 0. The Kier molecular flexibility index (Phi) is 7.46. The molecule has 0 N–H and O–H groups in total. The van der Waals surface area contributed by atoms with Crippen molar-refractivity contribution in [3.63, 3.8) is 0 Å². The lowest BCUT2D eigenvalue weighted by molar-refractivity contribution is 0.0557. The molecule has 1 atom stereocenters. The largest absolute Gasteiger partial charge is 0.497 e. The highest BCUT2D eigenvalue weighted by Gasteiger charge is 2.34. The van der Waals surface area contributed by atoms with E-state index in [2.05, 4.69) is 34.3 Å². The Bertz CT molecular complexity index is 1070. The van der Waals surface area contributed by atoms with Crippen LogP contribution in [0, 0.1) is 5.92 Å². The summed E-state index contributed by atoms with van der Waals surface area (Å²) in [6, 6.07) is 8.92. The lowest BCUT2D eigenvalue weighted by atomic mass is 10.0. The SMILES string of the molecule is COc1ccc(OC)c([C@@H](c2nnnn2CCC(C)C)N2CCN(C(=O)c3ccco3)CC2)c1. The maximum Gasteiger partial charge on any atom is 0.289 e. The molecular weight excluding hydrogens is 436 g/mol. The van der Waals surface area contributed by atoms with Crippen molar-refractivity contribution < 1.29 is 18.7 Å². The predicted octanol–water partition coefficient (Wildman–Crippen LogP) is 2.88. The average Bonchev–Trinajstić information content (AvgIpc) is 3.55. The molecule has 3 heterocycles. The molecule has 0 spiro atoms. The highest BCUT2D eigenvalue weighted by atomic mass is 16.5. The molecule has 34 heavy (non-hydrogen) atoms. The fourth-order valence-corrected chi connectivity index (χ4v) is 4.24. The molecule has 1 fully saturated rings. The van der Waals surface area contributed by atoms with Crippen molar-refractivity contribution in [3.05, 3.63) is 53.7 Å². The quantitative estimate of drug-likeness (QED) is 0.473. The Morgan fingerprint density at radius 1 is 1.12 bits per heavy atom. The highest BCUT2D eigenvalue weighted by molar-refractivity contribution is 5.91. The van der Waals surface area contributed by atoms with E-state index >= 15 is 0 Å². The first-order valence-corrected chi connectivity index (χ1v) is 11.6. The monoisotopic (exact) mass is 468 g/mol. The Morgan fingerprint density at radius 3 is 2.56 bits per heavy atom. The van der Waals surface area contributed by atoms with Crippen LogP contribution in [0.2, 0.25) is 0 Å². The van der Waals surface area contributed by atoms with Gasteiger partial charge in [-0.15, -0.1) is 5.10 Å². The van der Waals surface area contributed by atoms with E-state index in [1.807, 2.05) is 27.8 Å². The number of tetrazole rings is 1. The molecule has 2 aromatic heterocycles. The minimum atomic E-state index is -0.256. The molecule has 3 aromatic rings. The highest BCUT2D eigenvalue weighted by Crippen LogP contribution is 2.37. The van der Waals surface area contributed by atoms with Crippen LogP contribution < -0.4 is 9.47 Å². The number of piperazine rings is 1. The first kappa shape index (κ1) is 23.7. The summed E-state index contributed by atoms with van der Waals surface area (Å²) in [7, 11) is 3.30. The number of nitrogens with zero attached hydrogens (tertiary/aromatic N) is 6. The third-order valence-corrected chi connectivity index (χ3v) is 6.15. The van der Waals surface area contributed by atoms with Gasteiger partial charge in [-0.25, -0.2) is 4.68 Å². The van der Waals surface area contributed by atoms with Gasteiger partial charge in [0.25, 0.3) is 5.91 Å². The van der Waals surface area contributed by atoms with E-state index in [1.54, 1.807) is 26.4 Å². The molecule has 4 rings (SSSR count). The topological polar surface area (TPSA) is 98.7 Å². The van der Waals surface area contributed by atoms with Crippen LogP contribution in [0.15, 0.2) is 41.0 Å². The number of ether oxygens (including phenoxy) is 2. The fraction of sp³-hybridized carbons (Fsp3) is 0.500. The predicted molar refractivity (Wildman–Crippen MR) is 125 cm³/mol. The molecule has 0 aliphatic carbocycles. The van der Waals surface area contributed by atoms with E-state index in [9.17, 15) is 4.79 Å². The maximum absolute atomic E-state index is 12.8. The smallest absolute Gasteiger partial charge is 0.289 e. The number of rotatable bonds is 9. The van der Waals surface area contributed by atoms with Gasteiger partial charge in [0, 0.05) is 38.3 Å². The summed E-state index contributed by atoms with van der Waals surface area (Å²) in [6.45, 7) is 7.51. The summed E-state index contributed by atoms with van der Waals surface area (Å²) in [5.74, 6) is 3.00. The summed E-state index contributed by atoms with van der Waals surface area (Å²) in [5, 5.41) is 12.7. The fourth-order valence-electron chi connectivity index (χ4n) is 4.24. The zero-order valence-electron chi connectivity index (χ0n) is 20.2. The third-order valence-electron chi connectivity index (χ3n) is 6.15. The molecule has 1 aliphatic heterocycles. The maximum atomic E-state index is 12.8. The number of carbonyl (C=O) groups is 1. The Balaban J connectivity index is 1.65. The summed E-state index contributed by atoms with van der Waals surface area (Å²) in [4.78, 5) is 16.9. The minimum absolute atomic E-state index is 0.0954.